The number of anilines is 3. The first-order valence-corrected chi connectivity index (χ1v) is 10.6. The summed E-state index contributed by atoms with van der Waals surface area (Å²) in [7, 11) is 8.25. The Morgan fingerprint density at radius 2 is 1.29 bits per heavy atom. The molecule has 4 heteroatoms. The SMILES string of the molecule is CN(C)c1ccc(C=CC2=C[C@@H](c3ccc(N(C)C)cc3)N(c3ccccc3)N2)cc1. The number of para-hydroxylation sites is 1. The average molecular weight is 411 g/mol. The topological polar surface area (TPSA) is 21.8 Å². The Morgan fingerprint density at radius 1 is 0.710 bits per heavy atom. The zero-order chi connectivity index (χ0) is 21.8. The summed E-state index contributed by atoms with van der Waals surface area (Å²) in [5.74, 6) is 0. The maximum Gasteiger partial charge on any atom is 0.0958 e. The van der Waals surface area contributed by atoms with Crippen LogP contribution in [0.5, 0.6) is 0 Å². The van der Waals surface area contributed by atoms with Crippen LogP contribution in [-0.4, -0.2) is 28.2 Å². The average Bonchev–Trinajstić information content (AvgIpc) is 3.23. The Kier molecular flexibility index (Phi) is 5.99. The summed E-state index contributed by atoms with van der Waals surface area (Å²) in [5, 5.41) is 2.22. The molecular formula is C27H30N4. The normalized spacial score (nSPS) is 15.7. The van der Waals surface area contributed by atoms with Crippen molar-refractivity contribution in [1.29, 1.82) is 0 Å². The van der Waals surface area contributed by atoms with E-state index in [0.29, 0.717) is 0 Å². The second-order valence-corrected chi connectivity index (χ2v) is 8.19. The molecule has 0 bridgehead atoms. The van der Waals surface area contributed by atoms with E-state index in [2.05, 4.69) is 139 Å². The van der Waals surface area contributed by atoms with Gasteiger partial charge < -0.3 is 9.80 Å². The van der Waals surface area contributed by atoms with Gasteiger partial charge in [-0.2, -0.15) is 0 Å². The Labute approximate surface area is 185 Å². The summed E-state index contributed by atoms with van der Waals surface area (Å²) in [6.45, 7) is 0. The zero-order valence-electron chi connectivity index (χ0n) is 18.7. The third-order valence-electron chi connectivity index (χ3n) is 5.52. The van der Waals surface area contributed by atoms with E-state index >= 15 is 0 Å². The van der Waals surface area contributed by atoms with Crippen LogP contribution in [0.1, 0.15) is 17.2 Å². The van der Waals surface area contributed by atoms with Crippen molar-refractivity contribution in [2.24, 2.45) is 0 Å². The van der Waals surface area contributed by atoms with Crippen molar-refractivity contribution in [3.05, 3.63) is 108 Å². The van der Waals surface area contributed by atoms with Crippen molar-refractivity contribution >= 4 is 23.1 Å². The molecule has 31 heavy (non-hydrogen) atoms. The summed E-state index contributed by atoms with van der Waals surface area (Å²) < 4.78 is 0. The van der Waals surface area contributed by atoms with E-state index in [0.717, 1.165) is 11.4 Å². The highest BCUT2D eigenvalue weighted by Gasteiger charge is 2.25. The van der Waals surface area contributed by atoms with E-state index < -0.39 is 0 Å². The maximum atomic E-state index is 3.58. The molecule has 0 unspecified atom stereocenters. The molecule has 0 aliphatic carbocycles. The van der Waals surface area contributed by atoms with Gasteiger partial charge >= 0.3 is 0 Å². The molecule has 158 valence electrons. The van der Waals surface area contributed by atoms with Crippen LogP contribution in [0.4, 0.5) is 17.1 Å². The molecule has 0 saturated heterocycles. The van der Waals surface area contributed by atoms with E-state index in [1.54, 1.807) is 0 Å². The van der Waals surface area contributed by atoms with Crippen molar-refractivity contribution < 1.29 is 0 Å². The highest BCUT2D eigenvalue weighted by atomic mass is 15.5. The Morgan fingerprint density at radius 3 is 1.87 bits per heavy atom. The van der Waals surface area contributed by atoms with Crippen LogP contribution >= 0.6 is 0 Å². The molecule has 4 nitrogen and oxygen atoms in total. The van der Waals surface area contributed by atoms with Gasteiger partial charge in [-0.1, -0.05) is 48.5 Å². The fourth-order valence-corrected chi connectivity index (χ4v) is 3.68. The van der Waals surface area contributed by atoms with Crippen LogP contribution in [0.3, 0.4) is 0 Å². The predicted octanol–water partition coefficient (Wildman–Crippen LogP) is 5.48. The lowest BCUT2D eigenvalue weighted by molar-refractivity contribution is 0.709. The smallest absolute Gasteiger partial charge is 0.0958 e. The monoisotopic (exact) mass is 410 g/mol. The predicted molar refractivity (Wildman–Crippen MR) is 133 cm³/mol. The van der Waals surface area contributed by atoms with Crippen molar-refractivity contribution in [3.8, 4) is 0 Å². The van der Waals surface area contributed by atoms with Crippen LogP contribution in [0.2, 0.25) is 0 Å². The maximum absolute atomic E-state index is 3.58. The second-order valence-electron chi connectivity index (χ2n) is 8.19. The highest BCUT2D eigenvalue weighted by Crippen LogP contribution is 2.33. The number of rotatable bonds is 6. The lowest BCUT2D eigenvalue weighted by atomic mass is 10.0. The summed E-state index contributed by atoms with van der Waals surface area (Å²) in [6.07, 6.45) is 6.58. The molecular weight excluding hydrogens is 380 g/mol. The van der Waals surface area contributed by atoms with E-state index in [1.165, 1.54) is 22.5 Å². The molecule has 0 fully saturated rings. The first-order chi connectivity index (χ1) is 15.0. The number of hydrogen-bond donors (Lipinski definition) is 1. The van der Waals surface area contributed by atoms with Gasteiger partial charge in [0.2, 0.25) is 0 Å². The van der Waals surface area contributed by atoms with Crippen molar-refractivity contribution in [1.82, 2.24) is 5.43 Å². The van der Waals surface area contributed by atoms with Crippen LogP contribution in [0.15, 0.2) is 96.7 Å². The molecule has 0 saturated carbocycles. The fourth-order valence-electron chi connectivity index (χ4n) is 3.68. The molecule has 0 aromatic heterocycles. The lowest BCUT2D eigenvalue weighted by Gasteiger charge is -2.27. The third-order valence-corrected chi connectivity index (χ3v) is 5.52. The molecule has 1 N–H and O–H groups in total. The van der Waals surface area contributed by atoms with Crippen molar-refractivity contribution in [2.45, 2.75) is 6.04 Å². The minimum atomic E-state index is 0.120. The zero-order valence-corrected chi connectivity index (χ0v) is 18.7. The van der Waals surface area contributed by atoms with Gasteiger partial charge in [-0.3, -0.25) is 10.4 Å². The number of benzene rings is 3. The van der Waals surface area contributed by atoms with Gasteiger partial charge in [0.15, 0.2) is 0 Å². The molecule has 4 rings (SSSR count). The van der Waals surface area contributed by atoms with Crippen LogP contribution in [0.25, 0.3) is 6.08 Å². The minimum absolute atomic E-state index is 0.120. The molecule has 0 amide bonds. The van der Waals surface area contributed by atoms with Gasteiger partial charge in [-0.15, -0.1) is 0 Å². The molecule has 0 spiro atoms. The molecule has 1 heterocycles. The largest absolute Gasteiger partial charge is 0.378 e. The number of hydrazine groups is 1. The van der Waals surface area contributed by atoms with E-state index in [1.807, 2.05) is 6.07 Å². The molecule has 1 aliphatic rings. The summed E-state index contributed by atoms with van der Waals surface area (Å²) in [5.41, 5.74) is 10.6. The van der Waals surface area contributed by atoms with Gasteiger partial charge in [0.05, 0.1) is 17.4 Å². The Balaban J connectivity index is 1.60. The standard InChI is InChI=1S/C27H30N4/c1-29(2)24-16-11-21(12-17-24)10-15-23-20-27(22-13-18-25(19-14-22)30(3)4)31(28-23)26-8-6-5-7-9-26/h5-20,27-28H,1-4H3/t27-/m0/s1. The first-order valence-electron chi connectivity index (χ1n) is 10.6. The summed E-state index contributed by atoms with van der Waals surface area (Å²) in [6, 6.07) is 27.9. The molecule has 1 aliphatic heterocycles. The highest BCUT2D eigenvalue weighted by molar-refractivity contribution is 5.60. The molecule has 0 radical (unpaired) electrons. The third kappa shape index (κ3) is 4.75. The van der Waals surface area contributed by atoms with Crippen LogP contribution in [0, 0.1) is 0 Å². The molecule has 1 atom stereocenters. The first kappa shape index (κ1) is 20.6. The van der Waals surface area contributed by atoms with Gasteiger partial charge in [-0.05, 0) is 59.7 Å². The quantitative estimate of drug-likeness (QED) is 0.581. The Bertz CT molecular complexity index is 1050. The number of nitrogens with zero attached hydrogens (tertiary/aromatic N) is 3. The number of hydrogen-bond acceptors (Lipinski definition) is 4. The van der Waals surface area contributed by atoms with Gasteiger partial charge in [-0.25, -0.2) is 0 Å². The van der Waals surface area contributed by atoms with E-state index in [9.17, 15) is 0 Å². The van der Waals surface area contributed by atoms with Crippen LogP contribution < -0.4 is 20.2 Å². The molecule has 3 aromatic rings. The molecule has 3 aromatic carbocycles. The van der Waals surface area contributed by atoms with Gasteiger partial charge in [0, 0.05) is 39.6 Å². The lowest BCUT2D eigenvalue weighted by Crippen LogP contribution is -2.34. The van der Waals surface area contributed by atoms with E-state index in [4.69, 9.17) is 0 Å². The van der Waals surface area contributed by atoms with Crippen LogP contribution in [-0.2, 0) is 0 Å². The minimum Gasteiger partial charge on any atom is -0.378 e. The summed E-state index contributed by atoms with van der Waals surface area (Å²) in [4.78, 5) is 4.23. The number of nitrogens with one attached hydrogen (secondary N) is 1. The summed E-state index contributed by atoms with van der Waals surface area (Å²) >= 11 is 0. The van der Waals surface area contributed by atoms with Crippen molar-refractivity contribution in [2.75, 3.05) is 43.0 Å². The second kappa shape index (κ2) is 9.00. The van der Waals surface area contributed by atoms with Crippen molar-refractivity contribution in [3.63, 3.8) is 0 Å². The van der Waals surface area contributed by atoms with Gasteiger partial charge in [0.25, 0.3) is 0 Å². The van der Waals surface area contributed by atoms with Gasteiger partial charge in [0.1, 0.15) is 0 Å². The Hall–Kier alpha value is -3.66. The fraction of sp³-hybridized carbons (Fsp3) is 0.185. The number of allylic oxidation sites excluding steroid dienone is 1. The van der Waals surface area contributed by atoms with E-state index in [-0.39, 0.29) is 6.04 Å².